The first-order valence-electron chi connectivity index (χ1n) is 8.44. The van der Waals surface area contributed by atoms with Crippen molar-refractivity contribution in [2.75, 3.05) is 31.5 Å². The van der Waals surface area contributed by atoms with E-state index >= 15 is 0 Å². The number of rotatable bonds is 7. The van der Waals surface area contributed by atoms with E-state index in [-0.39, 0.29) is 18.3 Å². The molecule has 1 atom stereocenters. The van der Waals surface area contributed by atoms with Gasteiger partial charge in [-0.3, -0.25) is 4.79 Å². The number of aryl methyl sites for hydroxylation is 1. The van der Waals surface area contributed by atoms with Gasteiger partial charge in [0.15, 0.2) is 5.69 Å². The Labute approximate surface area is 157 Å². The molecular weight excluding hydrogens is 352 g/mol. The quantitative estimate of drug-likeness (QED) is 0.626. The Morgan fingerprint density at radius 3 is 2.59 bits per heavy atom. The Hall–Kier alpha value is -2.65. The van der Waals surface area contributed by atoms with Crippen LogP contribution in [-0.2, 0) is 21.3 Å². The van der Waals surface area contributed by atoms with Crippen molar-refractivity contribution < 1.29 is 24.2 Å². The lowest BCUT2D eigenvalue weighted by molar-refractivity contribution is -0.119. The van der Waals surface area contributed by atoms with Gasteiger partial charge in [-0.25, -0.2) is 9.78 Å². The molecule has 0 saturated heterocycles. The number of ether oxygens (including phenoxy) is 2. The first-order chi connectivity index (χ1) is 12.6. The molecule has 0 radical (unpaired) electrons. The number of pyridine rings is 1. The summed E-state index contributed by atoms with van der Waals surface area (Å²) in [6.45, 7) is 5.09. The Balaban J connectivity index is 2.57. The van der Waals surface area contributed by atoms with Crippen LogP contribution in [0.3, 0.4) is 0 Å². The second-order valence-electron chi connectivity index (χ2n) is 6.87. The Kier molecular flexibility index (Phi) is 6.07. The summed E-state index contributed by atoms with van der Waals surface area (Å²) >= 11 is 0. The van der Waals surface area contributed by atoms with Gasteiger partial charge in [0.25, 0.3) is 0 Å². The fourth-order valence-corrected chi connectivity index (χ4v) is 2.58. The SMILES string of the molecule is COCC(=O)Nc1c(C(=O)OC)n(C)c2ncc(NC(C)C(C)(C)O)cc12. The van der Waals surface area contributed by atoms with Crippen molar-refractivity contribution in [3.8, 4) is 0 Å². The number of carbonyl (C=O) groups is 2. The molecule has 9 heteroatoms. The average molecular weight is 378 g/mol. The molecule has 0 saturated carbocycles. The standard InChI is InChI=1S/C18H26N4O5/c1-10(18(2,3)25)20-11-7-12-14(21-13(23)9-26-5)15(17(24)27-6)22(4)16(12)19-8-11/h7-8,10,20,25H,9H2,1-6H3,(H,21,23). The molecule has 1 unspecified atom stereocenters. The highest BCUT2D eigenvalue weighted by atomic mass is 16.5. The molecule has 2 aromatic rings. The number of methoxy groups -OCH3 is 2. The summed E-state index contributed by atoms with van der Waals surface area (Å²) < 4.78 is 11.3. The number of aliphatic hydroxyl groups is 1. The molecule has 148 valence electrons. The molecular formula is C18H26N4O5. The average Bonchev–Trinajstić information content (AvgIpc) is 2.85. The third kappa shape index (κ3) is 4.37. The summed E-state index contributed by atoms with van der Waals surface area (Å²) in [4.78, 5) is 28.7. The number of fused-ring (bicyclic) bond motifs is 1. The van der Waals surface area contributed by atoms with E-state index in [1.54, 1.807) is 37.7 Å². The van der Waals surface area contributed by atoms with Crippen LogP contribution in [-0.4, -0.2) is 59.0 Å². The molecule has 0 fully saturated rings. The fourth-order valence-electron chi connectivity index (χ4n) is 2.58. The van der Waals surface area contributed by atoms with Crippen molar-refractivity contribution in [1.29, 1.82) is 0 Å². The smallest absolute Gasteiger partial charge is 0.356 e. The summed E-state index contributed by atoms with van der Waals surface area (Å²) in [6.07, 6.45) is 1.60. The van der Waals surface area contributed by atoms with Gasteiger partial charge < -0.3 is 29.8 Å². The molecule has 27 heavy (non-hydrogen) atoms. The molecule has 0 aliphatic heterocycles. The van der Waals surface area contributed by atoms with Crippen LogP contribution in [0.4, 0.5) is 11.4 Å². The molecule has 0 bridgehead atoms. The van der Waals surface area contributed by atoms with Gasteiger partial charge in [0.1, 0.15) is 12.3 Å². The lowest BCUT2D eigenvalue weighted by atomic mass is 10.0. The Morgan fingerprint density at radius 2 is 2.04 bits per heavy atom. The molecule has 2 rings (SSSR count). The maximum atomic E-state index is 12.3. The molecule has 3 N–H and O–H groups in total. The maximum absolute atomic E-state index is 12.3. The third-order valence-electron chi connectivity index (χ3n) is 4.39. The van der Waals surface area contributed by atoms with Crippen molar-refractivity contribution in [3.05, 3.63) is 18.0 Å². The predicted octanol–water partition coefficient (Wildman–Crippen LogP) is 1.52. The number of anilines is 2. The number of nitrogens with zero attached hydrogens (tertiary/aromatic N) is 2. The summed E-state index contributed by atoms with van der Waals surface area (Å²) in [6, 6.07) is 1.51. The van der Waals surface area contributed by atoms with Gasteiger partial charge in [0.2, 0.25) is 5.91 Å². The minimum absolute atomic E-state index is 0.155. The van der Waals surface area contributed by atoms with Gasteiger partial charge in [-0.1, -0.05) is 0 Å². The molecule has 0 aliphatic carbocycles. The van der Waals surface area contributed by atoms with Crippen LogP contribution in [0.15, 0.2) is 12.3 Å². The number of esters is 1. The lowest BCUT2D eigenvalue weighted by Crippen LogP contribution is -2.39. The van der Waals surface area contributed by atoms with Crippen molar-refractivity contribution >= 4 is 34.3 Å². The van der Waals surface area contributed by atoms with E-state index in [2.05, 4.69) is 15.6 Å². The lowest BCUT2D eigenvalue weighted by Gasteiger charge is -2.27. The van der Waals surface area contributed by atoms with E-state index in [0.717, 1.165) is 0 Å². The van der Waals surface area contributed by atoms with Gasteiger partial charge in [-0.15, -0.1) is 0 Å². The van der Waals surface area contributed by atoms with Crippen LogP contribution >= 0.6 is 0 Å². The summed E-state index contributed by atoms with van der Waals surface area (Å²) in [5.74, 6) is -0.999. The third-order valence-corrected chi connectivity index (χ3v) is 4.39. The minimum atomic E-state index is -0.946. The van der Waals surface area contributed by atoms with Gasteiger partial charge in [-0.2, -0.15) is 0 Å². The molecule has 1 amide bonds. The van der Waals surface area contributed by atoms with Crippen LogP contribution < -0.4 is 10.6 Å². The monoisotopic (exact) mass is 378 g/mol. The summed E-state index contributed by atoms with van der Waals surface area (Å²) in [5, 5.41) is 16.6. The van der Waals surface area contributed by atoms with E-state index in [4.69, 9.17) is 9.47 Å². The highest BCUT2D eigenvalue weighted by Gasteiger charge is 2.26. The van der Waals surface area contributed by atoms with Crippen molar-refractivity contribution in [3.63, 3.8) is 0 Å². The predicted molar refractivity (Wildman–Crippen MR) is 102 cm³/mol. The van der Waals surface area contributed by atoms with E-state index < -0.39 is 17.5 Å². The van der Waals surface area contributed by atoms with Crippen LogP contribution in [0.5, 0.6) is 0 Å². The van der Waals surface area contributed by atoms with Crippen molar-refractivity contribution in [2.24, 2.45) is 7.05 Å². The van der Waals surface area contributed by atoms with Gasteiger partial charge >= 0.3 is 5.97 Å². The highest BCUT2D eigenvalue weighted by molar-refractivity contribution is 6.11. The summed E-state index contributed by atoms with van der Waals surface area (Å²) in [7, 11) is 4.35. The number of nitrogens with one attached hydrogen (secondary N) is 2. The fraction of sp³-hybridized carbons (Fsp3) is 0.500. The molecule has 2 aromatic heterocycles. The topological polar surface area (TPSA) is 115 Å². The second kappa shape index (κ2) is 7.93. The molecule has 0 aliphatic rings. The van der Waals surface area contributed by atoms with Crippen LogP contribution in [0.1, 0.15) is 31.3 Å². The molecule has 0 aromatic carbocycles. The largest absolute Gasteiger partial charge is 0.464 e. The number of aromatic nitrogens is 2. The maximum Gasteiger partial charge on any atom is 0.356 e. The minimum Gasteiger partial charge on any atom is -0.464 e. The van der Waals surface area contributed by atoms with Crippen molar-refractivity contribution in [2.45, 2.75) is 32.4 Å². The number of carbonyl (C=O) groups excluding carboxylic acids is 2. The van der Waals surface area contributed by atoms with Crippen LogP contribution in [0, 0.1) is 0 Å². The second-order valence-corrected chi connectivity index (χ2v) is 6.87. The Morgan fingerprint density at radius 1 is 1.37 bits per heavy atom. The summed E-state index contributed by atoms with van der Waals surface area (Å²) in [5.41, 5.74) is 0.676. The Bertz CT molecular complexity index is 854. The zero-order valence-electron chi connectivity index (χ0n) is 16.4. The van der Waals surface area contributed by atoms with E-state index in [1.807, 2.05) is 6.92 Å². The van der Waals surface area contributed by atoms with Crippen LogP contribution in [0.25, 0.3) is 11.0 Å². The van der Waals surface area contributed by atoms with E-state index in [1.165, 1.54) is 14.2 Å². The number of hydrogen-bond donors (Lipinski definition) is 3. The van der Waals surface area contributed by atoms with E-state index in [0.29, 0.717) is 22.4 Å². The van der Waals surface area contributed by atoms with E-state index in [9.17, 15) is 14.7 Å². The van der Waals surface area contributed by atoms with Gasteiger partial charge in [0, 0.05) is 19.5 Å². The van der Waals surface area contributed by atoms with Crippen LogP contribution in [0.2, 0.25) is 0 Å². The zero-order chi connectivity index (χ0) is 20.4. The zero-order valence-corrected chi connectivity index (χ0v) is 16.4. The number of hydrogen-bond acceptors (Lipinski definition) is 7. The highest BCUT2D eigenvalue weighted by Crippen LogP contribution is 2.32. The molecule has 0 spiro atoms. The first-order valence-corrected chi connectivity index (χ1v) is 8.44. The number of amides is 1. The van der Waals surface area contributed by atoms with Crippen molar-refractivity contribution in [1.82, 2.24) is 9.55 Å². The molecule has 9 nitrogen and oxygen atoms in total. The van der Waals surface area contributed by atoms with Gasteiger partial charge in [0.05, 0.1) is 36.3 Å². The first kappa shape index (κ1) is 20.7. The molecule has 2 heterocycles. The normalized spacial score (nSPS) is 12.7. The van der Waals surface area contributed by atoms with Gasteiger partial charge in [-0.05, 0) is 26.8 Å².